The first-order valence-electron chi connectivity index (χ1n) is 11.9. The highest BCUT2D eigenvalue weighted by atomic mass is 16.5. The lowest BCUT2D eigenvalue weighted by molar-refractivity contribution is -0.140. The second-order valence-electron chi connectivity index (χ2n) is 8.78. The number of aliphatic hydroxyl groups is 1. The molecule has 1 amide bonds. The lowest BCUT2D eigenvalue weighted by Gasteiger charge is -2.19. The number of fused-ring (bicyclic) bond motifs is 2. The summed E-state index contributed by atoms with van der Waals surface area (Å²) < 4.78 is 10.7. The summed E-state index contributed by atoms with van der Waals surface area (Å²) >= 11 is 0. The molecule has 2 aromatic carbocycles. The van der Waals surface area contributed by atoms with Crippen molar-refractivity contribution < 1.29 is 24.2 Å². The van der Waals surface area contributed by atoms with E-state index >= 15 is 0 Å². The Labute approximate surface area is 199 Å². The Kier molecular flexibility index (Phi) is 7.85. The van der Waals surface area contributed by atoms with Crippen LogP contribution >= 0.6 is 0 Å². The van der Waals surface area contributed by atoms with Crippen molar-refractivity contribution >= 4 is 22.8 Å². The molecule has 0 fully saturated rings. The topological polar surface area (TPSA) is 101 Å². The number of amides is 1. The van der Waals surface area contributed by atoms with Crippen LogP contribution in [0.4, 0.5) is 0 Å². The number of esters is 1. The predicted molar refractivity (Wildman–Crippen MR) is 130 cm³/mol. The number of aromatic nitrogens is 1. The fourth-order valence-electron chi connectivity index (χ4n) is 4.55. The zero-order chi connectivity index (χ0) is 23.9. The molecule has 0 saturated heterocycles. The van der Waals surface area contributed by atoms with Crippen molar-refractivity contribution in [1.82, 2.24) is 10.3 Å². The maximum atomic E-state index is 13.4. The van der Waals surface area contributed by atoms with Crippen LogP contribution in [-0.2, 0) is 28.8 Å². The number of rotatable bonds is 9. The minimum absolute atomic E-state index is 0.173. The molecule has 0 spiro atoms. The molecule has 1 aromatic heterocycles. The smallest absolute Gasteiger partial charge is 0.305 e. The highest BCUT2D eigenvalue weighted by molar-refractivity contribution is 5.98. The summed E-state index contributed by atoms with van der Waals surface area (Å²) in [5.74, 6) is 0.140. The number of para-hydroxylation sites is 1. The van der Waals surface area contributed by atoms with Crippen LogP contribution in [0.15, 0.2) is 42.6 Å². The Morgan fingerprint density at radius 3 is 2.91 bits per heavy atom. The predicted octanol–water partition coefficient (Wildman–Crippen LogP) is 3.71. The van der Waals surface area contributed by atoms with E-state index < -0.39 is 6.04 Å². The van der Waals surface area contributed by atoms with Crippen molar-refractivity contribution in [1.29, 1.82) is 0 Å². The molecule has 34 heavy (non-hydrogen) atoms. The van der Waals surface area contributed by atoms with Crippen LogP contribution in [0.2, 0.25) is 0 Å². The Morgan fingerprint density at radius 1 is 1.24 bits per heavy atom. The van der Waals surface area contributed by atoms with Gasteiger partial charge in [0.15, 0.2) is 0 Å². The summed E-state index contributed by atoms with van der Waals surface area (Å²) in [7, 11) is 1.39. The molecule has 1 aliphatic rings. The molecule has 3 aromatic rings. The summed E-state index contributed by atoms with van der Waals surface area (Å²) in [5.41, 5.74) is 4.58. The fraction of sp³-hybridized carbons (Fsp3) is 0.407. The van der Waals surface area contributed by atoms with Gasteiger partial charge in [-0.05, 0) is 67.3 Å². The maximum Gasteiger partial charge on any atom is 0.305 e. The summed E-state index contributed by atoms with van der Waals surface area (Å²) in [6.07, 6.45) is 6.87. The van der Waals surface area contributed by atoms with Crippen molar-refractivity contribution in [2.24, 2.45) is 0 Å². The number of hydrogen-bond acceptors (Lipinski definition) is 5. The van der Waals surface area contributed by atoms with Gasteiger partial charge in [-0.25, -0.2) is 0 Å². The molecule has 7 heteroatoms. The second-order valence-corrected chi connectivity index (χ2v) is 8.78. The van der Waals surface area contributed by atoms with Crippen LogP contribution in [-0.4, -0.2) is 48.3 Å². The number of nitrogens with one attached hydrogen (secondary N) is 2. The third-order valence-electron chi connectivity index (χ3n) is 6.33. The van der Waals surface area contributed by atoms with E-state index in [1.165, 1.54) is 7.11 Å². The molecule has 180 valence electrons. The number of benzene rings is 2. The van der Waals surface area contributed by atoms with E-state index in [0.29, 0.717) is 43.6 Å². The van der Waals surface area contributed by atoms with Crippen molar-refractivity contribution in [2.45, 2.75) is 51.0 Å². The van der Waals surface area contributed by atoms with Gasteiger partial charge in [0, 0.05) is 23.5 Å². The van der Waals surface area contributed by atoms with Crippen LogP contribution < -0.4 is 10.1 Å². The summed E-state index contributed by atoms with van der Waals surface area (Å²) in [5, 5.41) is 14.1. The Hall–Kier alpha value is -3.32. The lowest BCUT2D eigenvalue weighted by atomic mass is 9.97. The minimum Gasteiger partial charge on any atom is -0.492 e. The minimum atomic E-state index is -0.434. The number of carbonyl (C=O) groups is 2. The molecule has 0 bridgehead atoms. The molecule has 0 aliphatic carbocycles. The van der Waals surface area contributed by atoms with Gasteiger partial charge >= 0.3 is 5.97 Å². The average Bonchev–Trinajstić information content (AvgIpc) is 3.10. The first-order chi connectivity index (χ1) is 16.6. The molecule has 0 saturated carbocycles. The van der Waals surface area contributed by atoms with Crippen molar-refractivity contribution in [3.05, 3.63) is 64.8 Å². The number of ether oxygens (including phenoxy) is 2. The van der Waals surface area contributed by atoms with Gasteiger partial charge in [-0.1, -0.05) is 24.3 Å². The highest BCUT2D eigenvalue weighted by Gasteiger charge is 2.23. The van der Waals surface area contributed by atoms with Crippen LogP contribution in [0.25, 0.3) is 10.9 Å². The summed E-state index contributed by atoms with van der Waals surface area (Å²) in [6, 6.07) is 11.5. The van der Waals surface area contributed by atoms with Crippen LogP contribution in [0, 0.1) is 0 Å². The Morgan fingerprint density at radius 2 is 2.09 bits per heavy atom. The van der Waals surface area contributed by atoms with Gasteiger partial charge in [0.25, 0.3) is 5.91 Å². The van der Waals surface area contributed by atoms with E-state index in [-0.39, 0.29) is 18.5 Å². The van der Waals surface area contributed by atoms with Gasteiger partial charge in [-0.2, -0.15) is 0 Å². The fourth-order valence-corrected chi connectivity index (χ4v) is 4.55. The summed E-state index contributed by atoms with van der Waals surface area (Å²) in [6.45, 7) is 0.404. The van der Waals surface area contributed by atoms with Crippen LogP contribution in [0.1, 0.15) is 52.7 Å². The van der Waals surface area contributed by atoms with Gasteiger partial charge in [0.05, 0.1) is 31.9 Å². The van der Waals surface area contributed by atoms with Crippen LogP contribution in [0.3, 0.4) is 0 Å². The Balaban J connectivity index is 1.53. The molecule has 4 rings (SSSR count). The second kappa shape index (κ2) is 11.2. The van der Waals surface area contributed by atoms with E-state index in [4.69, 9.17) is 9.47 Å². The lowest BCUT2D eigenvalue weighted by Crippen LogP contribution is -2.39. The van der Waals surface area contributed by atoms with Crippen LogP contribution in [0.5, 0.6) is 5.75 Å². The van der Waals surface area contributed by atoms with E-state index in [1.807, 2.05) is 36.5 Å². The number of aromatic amines is 1. The van der Waals surface area contributed by atoms with E-state index in [0.717, 1.165) is 46.9 Å². The molecule has 1 aliphatic heterocycles. The molecule has 7 nitrogen and oxygen atoms in total. The number of methoxy groups -OCH3 is 1. The monoisotopic (exact) mass is 464 g/mol. The third-order valence-corrected chi connectivity index (χ3v) is 6.33. The van der Waals surface area contributed by atoms with Crippen molar-refractivity contribution in [2.75, 3.05) is 20.3 Å². The van der Waals surface area contributed by atoms with E-state index in [9.17, 15) is 14.7 Å². The zero-order valence-corrected chi connectivity index (χ0v) is 19.6. The Bertz CT molecular complexity index is 1150. The first kappa shape index (κ1) is 23.8. The maximum absolute atomic E-state index is 13.4. The van der Waals surface area contributed by atoms with Crippen molar-refractivity contribution in [3.8, 4) is 5.75 Å². The quantitative estimate of drug-likeness (QED) is 0.419. The third kappa shape index (κ3) is 5.59. The molecule has 0 unspecified atom stereocenters. The molecule has 0 radical (unpaired) electrons. The number of aliphatic hydroxyl groups excluding tert-OH is 1. The molecule has 2 heterocycles. The summed E-state index contributed by atoms with van der Waals surface area (Å²) in [4.78, 5) is 28.1. The molecule has 1 atom stereocenters. The van der Waals surface area contributed by atoms with Gasteiger partial charge in [-0.3, -0.25) is 9.59 Å². The van der Waals surface area contributed by atoms with Gasteiger partial charge in [0.1, 0.15) is 5.75 Å². The SMILES string of the molecule is COC(=O)CCCc1cc2c(c(C(=O)N[C@@H](CO)Cc3c[nH]c4ccccc34)c1)OCCCC2. The number of H-pyrrole nitrogens is 1. The van der Waals surface area contributed by atoms with Gasteiger partial charge in [-0.15, -0.1) is 0 Å². The molecular formula is C27H32N2O5. The first-order valence-corrected chi connectivity index (χ1v) is 11.9. The van der Waals surface area contributed by atoms with E-state index in [1.54, 1.807) is 0 Å². The number of aryl methyl sites for hydroxylation is 2. The average molecular weight is 465 g/mol. The van der Waals surface area contributed by atoms with Crippen molar-refractivity contribution in [3.63, 3.8) is 0 Å². The van der Waals surface area contributed by atoms with E-state index in [2.05, 4.69) is 16.4 Å². The molecule has 3 N–H and O–H groups in total. The standard InChI is InChI=1S/C27H32N2O5/c1-33-25(31)11-6-7-18-13-19-8-4-5-12-34-26(19)23(14-18)27(32)29-21(17-30)15-20-16-28-24-10-3-2-9-22(20)24/h2-3,9-10,13-14,16,21,28,30H,4-8,11-12,15,17H2,1H3,(H,29,32)/t21-/m1/s1. The van der Waals surface area contributed by atoms with Gasteiger partial charge in [0.2, 0.25) is 0 Å². The number of carbonyl (C=O) groups excluding carboxylic acids is 2. The largest absolute Gasteiger partial charge is 0.492 e. The zero-order valence-electron chi connectivity index (χ0n) is 19.6. The molecular weight excluding hydrogens is 432 g/mol. The van der Waals surface area contributed by atoms with Gasteiger partial charge < -0.3 is 24.9 Å². The normalized spacial score (nSPS) is 14.1. The number of hydrogen-bond donors (Lipinski definition) is 3. The highest BCUT2D eigenvalue weighted by Crippen LogP contribution is 2.31.